The molecule has 0 saturated carbocycles. The molecule has 0 heterocycles. The molecule has 0 rings (SSSR count). The summed E-state index contributed by atoms with van der Waals surface area (Å²) in [5.74, 6) is -0.208. The number of carbonyl (C=O) groups excluding carboxylic acids is 2. The van der Waals surface area contributed by atoms with Gasteiger partial charge in [0.15, 0.2) is 0 Å². The summed E-state index contributed by atoms with van der Waals surface area (Å²) in [6, 6.07) is 0. The van der Waals surface area contributed by atoms with E-state index in [1.807, 2.05) is 0 Å². The second-order valence-electron chi connectivity index (χ2n) is 7.69. The van der Waals surface area contributed by atoms with Gasteiger partial charge in [-0.25, -0.2) is 0 Å². The molecule has 0 unspecified atom stereocenters. The maximum Gasteiger partial charge on any atom is 0.305 e. The second-order valence-corrected chi connectivity index (χ2v) is 7.69. The lowest BCUT2D eigenvalue weighted by Gasteiger charge is -2.06. The lowest BCUT2D eigenvalue weighted by molar-refractivity contribution is -0.144. The zero-order valence-corrected chi connectivity index (χ0v) is 18.4. The van der Waals surface area contributed by atoms with E-state index in [2.05, 4.69) is 0 Å². The first-order chi connectivity index (χ1) is 14.2. The van der Waals surface area contributed by atoms with Crippen LogP contribution in [0.3, 0.4) is 0 Å². The molecule has 0 fully saturated rings. The fourth-order valence-electron chi connectivity index (χ4n) is 3.07. The summed E-state index contributed by atoms with van der Waals surface area (Å²) in [6.45, 7) is 1.49. The number of unbranched alkanes of at least 4 members (excludes halogenated alkanes) is 12. The Labute approximate surface area is 177 Å². The first-order valence-corrected chi connectivity index (χ1v) is 11.7. The number of aliphatic hydroxyl groups excluding tert-OH is 2. The number of esters is 2. The molecule has 0 spiro atoms. The van der Waals surface area contributed by atoms with E-state index < -0.39 is 0 Å². The Morgan fingerprint density at radius 2 is 0.759 bits per heavy atom. The van der Waals surface area contributed by atoms with Crippen LogP contribution in [0.1, 0.15) is 109 Å². The van der Waals surface area contributed by atoms with Crippen LogP contribution in [0, 0.1) is 0 Å². The third-order valence-electron chi connectivity index (χ3n) is 4.89. The zero-order chi connectivity index (χ0) is 21.4. The fourth-order valence-corrected chi connectivity index (χ4v) is 3.07. The van der Waals surface area contributed by atoms with Crippen LogP contribution >= 0.6 is 0 Å². The smallest absolute Gasteiger partial charge is 0.305 e. The zero-order valence-electron chi connectivity index (χ0n) is 18.4. The SMILES string of the molecule is O=C(CCCCCCCO)OCCCCCCCOC(=O)CCCCCCCO. The molecule has 29 heavy (non-hydrogen) atoms. The number of carbonyl (C=O) groups is 2. The summed E-state index contributed by atoms with van der Waals surface area (Å²) in [5.41, 5.74) is 0. The van der Waals surface area contributed by atoms with E-state index in [1.165, 1.54) is 0 Å². The topological polar surface area (TPSA) is 93.1 Å². The molecule has 0 bridgehead atoms. The van der Waals surface area contributed by atoms with Crippen molar-refractivity contribution in [2.45, 2.75) is 109 Å². The van der Waals surface area contributed by atoms with Crippen LogP contribution < -0.4 is 0 Å². The highest BCUT2D eigenvalue weighted by Crippen LogP contribution is 2.09. The van der Waals surface area contributed by atoms with Gasteiger partial charge in [0.2, 0.25) is 0 Å². The molecular weight excluding hydrogens is 372 g/mol. The van der Waals surface area contributed by atoms with Crippen LogP contribution in [-0.2, 0) is 19.1 Å². The maximum absolute atomic E-state index is 11.6. The van der Waals surface area contributed by atoms with Crippen molar-refractivity contribution >= 4 is 11.9 Å². The van der Waals surface area contributed by atoms with E-state index >= 15 is 0 Å². The van der Waals surface area contributed by atoms with Gasteiger partial charge >= 0.3 is 11.9 Å². The average molecular weight is 417 g/mol. The van der Waals surface area contributed by atoms with Crippen molar-refractivity contribution in [2.24, 2.45) is 0 Å². The molecule has 0 aromatic heterocycles. The van der Waals surface area contributed by atoms with Crippen molar-refractivity contribution in [2.75, 3.05) is 26.4 Å². The molecule has 0 aromatic rings. The van der Waals surface area contributed by atoms with Crippen molar-refractivity contribution < 1.29 is 29.3 Å². The van der Waals surface area contributed by atoms with Gasteiger partial charge in [-0.05, 0) is 38.5 Å². The van der Waals surface area contributed by atoms with Crippen LogP contribution in [0.25, 0.3) is 0 Å². The molecule has 6 nitrogen and oxygen atoms in total. The van der Waals surface area contributed by atoms with Gasteiger partial charge in [0.05, 0.1) is 13.2 Å². The van der Waals surface area contributed by atoms with Gasteiger partial charge in [-0.15, -0.1) is 0 Å². The summed E-state index contributed by atoms with van der Waals surface area (Å²) >= 11 is 0. The molecule has 0 radical (unpaired) electrons. The molecule has 2 N–H and O–H groups in total. The molecule has 0 aliphatic carbocycles. The number of ether oxygens (including phenoxy) is 2. The van der Waals surface area contributed by atoms with Gasteiger partial charge in [-0.3, -0.25) is 9.59 Å². The van der Waals surface area contributed by atoms with E-state index in [0.29, 0.717) is 26.1 Å². The van der Waals surface area contributed by atoms with Crippen LogP contribution in [0.4, 0.5) is 0 Å². The van der Waals surface area contributed by atoms with Gasteiger partial charge in [0.1, 0.15) is 0 Å². The Morgan fingerprint density at radius 3 is 1.14 bits per heavy atom. The van der Waals surface area contributed by atoms with Gasteiger partial charge in [0.25, 0.3) is 0 Å². The first-order valence-electron chi connectivity index (χ1n) is 11.7. The number of aliphatic hydroxyl groups is 2. The number of hydrogen-bond acceptors (Lipinski definition) is 6. The van der Waals surface area contributed by atoms with E-state index in [0.717, 1.165) is 96.3 Å². The Morgan fingerprint density at radius 1 is 0.448 bits per heavy atom. The summed E-state index contributed by atoms with van der Waals surface area (Å²) in [5, 5.41) is 17.4. The van der Waals surface area contributed by atoms with Crippen LogP contribution in [-0.4, -0.2) is 48.6 Å². The van der Waals surface area contributed by atoms with E-state index in [-0.39, 0.29) is 25.2 Å². The van der Waals surface area contributed by atoms with Gasteiger partial charge in [0, 0.05) is 26.1 Å². The molecule has 0 aromatic carbocycles. The predicted molar refractivity (Wildman–Crippen MR) is 115 cm³/mol. The minimum Gasteiger partial charge on any atom is -0.466 e. The van der Waals surface area contributed by atoms with Crippen LogP contribution in [0.15, 0.2) is 0 Å². The van der Waals surface area contributed by atoms with Gasteiger partial charge in [-0.1, -0.05) is 57.8 Å². The molecule has 0 saturated heterocycles. The molecule has 0 aliphatic rings. The quantitative estimate of drug-likeness (QED) is 0.196. The summed E-state index contributed by atoms with van der Waals surface area (Å²) in [6.07, 6.45) is 15.5. The Kier molecular flexibility index (Phi) is 22.2. The summed E-state index contributed by atoms with van der Waals surface area (Å²) < 4.78 is 10.5. The molecule has 6 heteroatoms. The standard InChI is InChI=1S/C23H44O6/c24-18-12-6-1-4-10-16-22(26)28-20-14-8-3-9-15-21-29-23(27)17-11-5-2-7-13-19-25/h24-25H,1-21H2. The Bertz CT molecular complexity index is 338. The normalized spacial score (nSPS) is 10.8. The van der Waals surface area contributed by atoms with Crippen molar-refractivity contribution in [3.63, 3.8) is 0 Å². The van der Waals surface area contributed by atoms with E-state index in [9.17, 15) is 9.59 Å². The second kappa shape index (κ2) is 23.1. The van der Waals surface area contributed by atoms with E-state index in [1.54, 1.807) is 0 Å². The van der Waals surface area contributed by atoms with Gasteiger partial charge in [-0.2, -0.15) is 0 Å². The predicted octanol–water partition coefficient (Wildman–Crippen LogP) is 4.69. The minimum atomic E-state index is -0.104. The Balaban J connectivity index is 3.24. The highest BCUT2D eigenvalue weighted by molar-refractivity contribution is 5.69. The number of rotatable bonds is 22. The van der Waals surface area contributed by atoms with Crippen LogP contribution in [0.2, 0.25) is 0 Å². The third kappa shape index (κ3) is 23.0. The van der Waals surface area contributed by atoms with Crippen LogP contribution in [0.5, 0.6) is 0 Å². The van der Waals surface area contributed by atoms with Crippen molar-refractivity contribution in [3.05, 3.63) is 0 Å². The largest absolute Gasteiger partial charge is 0.466 e. The van der Waals surface area contributed by atoms with Gasteiger partial charge < -0.3 is 19.7 Å². The Hall–Kier alpha value is -1.14. The third-order valence-corrected chi connectivity index (χ3v) is 4.89. The lowest BCUT2D eigenvalue weighted by Crippen LogP contribution is -2.06. The van der Waals surface area contributed by atoms with E-state index in [4.69, 9.17) is 19.7 Å². The highest BCUT2D eigenvalue weighted by atomic mass is 16.5. The average Bonchev–Trinajstić information content (AvgIpc) is 2.71. The summed E-state index contributed by atoms with van der Waals surface area (Å²) in [7, 11) is 0. The van der Waals surface area contributed by atoms with Crippen molar-refractivity contribution in [3.8, 4) is 0 Å². The molecule has 0 atom stereocenters. The molecular formula is C23H44O6. The van der Waals surface area contributed by atoms with Crippen molar-refractivity contribution in [1.29, 1.82) is 0 Å². The molecule has 0 aliphatic heterocycles. The van der Waals surface area contributed by atoms with Crippen molar-refractivity contribution in [1.82, 2.24) is 0 Å². The summed E-state index contributed by atoms with van der Waals surface area (Å²) in [4.78, 5) is 23.2. The highest BCUT2D eigenvalue weighted by Gasteiger charge is 2.04. The number of hydrogen-bond donors (Lipinski definition) is 2. The molecule has 172 valence electrons. The monoisotopic (exact) mass is 416 g/mol. The fraction of sp³-hybridized carbons (Fsp3) is 0.913. The lowest BCUT2D eigenvalue weighted by atomic mass is 10.1. The maximum atomic E-state index is 11.6. The first kappa shape index (κ1) is 27.9. The molecule has 0 amide bonds. The minimum absolute atomic E-state index is 0.104.